The summed E-state index contributed by atoms with van der Waals surface area (Å²) >= 11 is 0. The maximum absolute atomic E-state index is 5.51. The van der Waals surface area contributed by atoms with Crippen LogP contribution in [0.2, 0.25) is 0 Å². The molecule has 1 aliphatic heterocycles. The summed E-state index contributed by atoms with van der Waals surface area (Å²) in [4.78, 5) is 0. The molecule has 0 spiro atoms. The van der Waals surface area contributed by atoms with Crippen LogP contribution in [0.25, 0.3) is 0 Å². The summed E-state index contributed by atoms with van der Waals surface area (Å²) in [5, 5.41) is 0. The molecule has 0 bridgehead atoms. The first kappa shape index (κ1) is 9.75. The molecule has 0 aromatic heterocycles. The van der Waals surface area contributed by atoms with E-state index >= 15 is 0 Å². The van der Waals surface area contributed by atoms with E-state index < -0.39 is 0 Å². The molecule has 1 unspecified atom stereocenters. The summed E-state index contributed by atoms with van der Waals surface area (Å²) < 4.78 is 10.9. The molecule has 0 amide bonds. The van der Waals surface area contributed by atoms with Crippen LogP contribution in [-0.4, -0.2) is 19.5 Å². The van der Waals surface area contributed by atoms with Crippen LogP contribution in [0.4, 0.5) is 0 Å². The molecule has 0 radical (unpaired) electrons. The van der Waals surface area contributed by atoms with Crippen molar-refractivity contribution in [3.63, 3.8) is 0 Å². The van der Waals surface area contributed by atoms with E-state index in [1.54, 1.807) is 0 Å². The highest BCUT2D eigenvalue weighted by atomic mass is 16.7. The standard InChI is InChI=1S/C10H18O2/c1-9(2)6-8-12-10-5-3-4-7-11-10/h10H,1,3-8H2,2H3. The predicted octanol–water partition coefficient (Wildman–Crippen LogP) is 2.50. The van der Waals surface area contributed by atoms with Crippen molar-refractivity contribution in [3.05, 3.63) is 12.2 Å². The lowest BCUT2D eigenvalue weighted by molar-refractivity contribution is -0.161. The van der Waals surface area contributed by atoms with Gasteiger partial charge in [-0.15, -0.1) is 6.58 Å². The van der Waals surface area contributed by atoms with Gasteiger partial charge in [0.2, 0.25) is 0 Å². The first-order chi connectivity index (χ1) is 5.79. The van der Waals surface area contributed by atoms with Gasteiger partial charge in [-0.05, 0) is 32.6 Å². The molecular weight excluding hydrogens is 152 g/mol. The smallest absolute Gasteiger partial charge is 0.157 e. The van der Waals surface area contributed by atoms with E-state index in [1.807, 2.05) is 6.92 Å². The van der Waals surface area contributed by atoms with E-state index in [2.05, 4.69) is 6.58 Å². The summed E-state index contributed by atoms with van der Waals surface area (Å²) in [6.45, 7) is 7.44. The maximum atomic E-state index is 5.51. The Balaban J connectivity index is 2.01. The van der Waals surface area contributed by atoms with E-state index in [1.165, 1.54) is 18.4 Å². The third-order valence-corrected chi connectivity index (χ3v) is 1.97. The molecule has 70 valence electrons. The van der Waals surface area contributed by atoms with Crippen molar-refractivity contribution in [2.75, 3.05) is 13.2 Å². The summed E-state index contributed by atoms with van der Waals surface area (Å²) in [6, 6.07) is 0. The second-order valence-electron chi connectivity index (χ2n) is 3.37. The van der Waals surface area contributed by atoms with Crippen LogP contribution in [-0.2, 0) is 9.47 Å². The molecule has 0 aliphatic carbocycles. The van der Waals surface area contributed by atoms with Crippen molar-refractivity contribution in [1.29, 1.82) is 0 Å². The van der Waals surface area contributed by atoms with E-state index in [9.17, 15) is 0 Å². The maximum Gasteiger partial charge on any atom is 0.157 e. The predicted molar refractivity (Wildman–Crippen MR) is 49.0 cm³/mol. The van der Waals surface area contributed by atoms with Crippen molar-refractivity contribution >= 4 is 0 Å². The van der Waals surface area contributed by atoms with Crippen LogP contribution in [0.1, 0.15) is 32.6 Å². The molecule has 1 fully saturated rings. The van der Waals surface area contributed by atoms with Gasteiger partial charge in [0.1, 0.15) is 0 Å². The van der Waals surface area contributed by atoms with Crippen molar-refractivity contribution in [2.24, 2.45) is 0 Å². The minimum Gasteiger partial charge on any atom is -0.353 e. The van der Waals surface area contributed by atoms with Gasteiger partial charge in [-0.25, -0.2) is 0 Å². The lowest BCUT2D eigenvalue weighted by Crippen LogP contribution is -2.22. The first-order valence-corrected chi connectivity index (χ1v) is 4.66. The third-order valence-electron chi connectivity index (χ3n) is 1.97. The zero-order chi connectivity index (χ0) is 8.81. The van der Waals surface area contributed by atoms with Gasteiger partial charge in [0.25, 0.3) is 0 Å². The van der Waals surface area contributed by atoms with Crippen molar-refractivity contribution in [2.45, 2.75) is 38.9 Å². The quantitative estimate of drug-likeness (QED) is 0.603. The molecule has 12 heavy (non-hydrogen) atoms. The Morgan fingerprint density at radius 1 is 1.58 bits per heavy atom. The zero-order valence-corrected chi connectivity index (χ0v) is 7.84. The van der Waals surface area contributed by atoms with Crippen LogP contribution in [0, 0.1) is 0 Å². The summed E-state index contributed by atoms with van der Waals surface area (Å²) in [5.41, 5.74) is 1.17. The zero-order valence-electron chi connectivity index (χ0n) is 7.84. The van der Waals surface area contributed by atoms with Gasteiger partial charge in [0, 0.05) is 6.61 Å². The Morgan fingerprint density at radius 3 is 3.00 bits per heavy atom. The van der Waals surface area contributed by atoms with Crippen LogP contribution in [0.3, 0.4) is 0 Å². The average molecular weight is 170 g/mol. The lowest BCUT2D eigenvalue weighted by Gasteiger charge is -2.22. The van der Waals surface area contributed by atoms with Crippen LogP contribution < -0.4 is 0 Å². The van der Waals surface area contributed by atoms with Crippen molar-refractivity contribution < 1.29 is 9.47 Å². The molecule has 2 nitrogen and oxygen atoms in total. The number of ether oxygens (including phenoxy) is 2. The fourth-order valence-corrected chi connectivity index (χ4v) is 1.21. The fraction of sp³-hybridized carbons (Fsp3) is 0.800. The third kappa shape index (κ3) is 3.88. The largest absolute Gasteiger partial charge is 0.353 e. The monoisotopic (exact) mass is 170 g/mol. The topological polar surface area (TPSA) is 18.5 Å². The van der Waals surface area contributed by atoms with Gasteiger partial charge in [0.15, 0.2) is 6.29 Å². The molecule has 0 aromatic carbocycles. The highest BCUT2D eigenvalue weighted by Crippen LogP contribution is 2.14. The molecule has 0 aromatic rings. The minimum absolute atomic E-state index is 0.0538. The molecule has 1 rings (SSSR count). The molecule has 1 aliphatic rings. The highest BCUT2D eigenvalue weighted by Gasteiger charge is 2.12. The Morgan fingerprint density at radius 2 is 2.42 bits per heavy atom. The van der Waals surface area contributed by atoms with E-state index in [-0.39, 0.29) is 6.29 Å². The van der Waals surface area contributed by atoms with Gasteiger partial charge in [-0.2, -0.15) is 0 Å². The van der Waals surface area contributed by atoms with Crippen LogP contribution in [0.5, 0.6) is 0 Å². The molecule has 1 heterocycles. The van der Waals surface area contributed by atoms with Gasteiger partial charge in [0.05, 0.1) is 6.61 Å². The second-order valence-corrected chi connectivity index (χ2v) is 3.37. The molecule has 0 saturated carbocycles. The molecular formula is C10H18O2. The number of rotatable bonds is 4. The number of hydrogen-bond acceptors (Lipinski definition) is 2. The summed E-state index contributed by atoms with van der Waals surface area (Å²) in [7, 11) is 0. The Kier molecular flexibility index (Phi) is 4.33. The lowest BCUT2D eigenvalue weighted by atomic mass is 10.2. The fourth-order valence-electron chi connectivity index (χ4n) is 1.21. The highest BCUT2D eigenvalue weighted by molar-refractivity contribution is 4.87. The molecule has 0 N–H and O–H groups in total. The van der Waals surface area contributed by atoms with E-state index in [0.717, 1.165) is 26.1 Å². The van der Waals surface area contributed by atoms with Crippen LogP contribution in [0.15, 0.2) is 12.2 Å². The first-order valence-electron chi connectivity index (χ1n) is 4.66. The van der Waals surface area contributed by atoms with Gasteiger partial charge < -0.3 is 9.47 Å². The van der Waals surface area contributed by atoms with E-state index in [4.69, 9.17) is 9.47 Å². The van der Waals surface area contributed by atoms with Gasteiger partial charge in [-0.1, -0.05) is 5.57 Å². The van der Waals surface area contributed by atoms with Crippen molar-refractivity contribution in [3.8, 4) is 0 Å². The normalized spacial score (nSPS) is 23.9. The SMILES string of the molecule is C=C(C)CCOC1CCCCO1. The minimum atomic E-state index is 0.0538. The Labute approximate surface area is 74.6 Å². The Hall–Kier alpha value is -0.340. The summed E-state index contributed by atoms with van der Waals surface area (Å²) in [6.07, 6.45) is 4.46. The number of hydrogen-bond donors (Lipinski definition) is 0. The summed E-state index contributed by atoms with van der Waals surface area (Å²) in [5.74, 6) is 0. The second kappa shape index (κ2) is 5.33. The molecule has 1 atom stereocenters. The van der Waals surface area contributed by atoms with Gasteiger partial charge >= 0.3 is 0 Å². The van der Waals surface area contributed by atoms with Gasteiger partial charge in [-0.3, -0.25) is 0 Å². The molecule has 1 saturated heterocycles. The Bertz CT molecular complexity index is 137. The van der Waals surface area contributed by atoms with E-state index in [0.29, 0.717) is 0 Å². The average Bonchev–Trinajstić information content (AvgIpc) is 2.05. The molecule has 2 heteroatoms. The van der Waals surface area contributed by atoms with Crippen LogP contribution >= 0.6 is 0 Å². The van der Waals surface area contributed by atoms with Crippen molar-refractivity contribution in [1.82, 2.24) is 0 Å².